The molecule has 3 aliphatic rings. The van der Waals surface area contributed by atoms with Gasteiger partial charge in [-0.15, -0.1) is 0 Å². The summed E-state index contributed by atoms with van der Waals surface area (Å²) in [4.78, 5) is 32.5. The number of H-pyrrole nitrogens is 1. The van der Waals surface area contributed by atoms with E-state index in [9.17, 15) is 14.7 Å². The largest absolute Gasteiger partial charge is 0.385 e. The Morgan fingerprint density at radius 1 is 0.416 bits per heavy atom. The number of fused-ring (bicyclic) bond motifs is 10. The number of aliphatic hydroxyl groups excluding tert-OH is 1. The summed E-state index contributed by atoms with van der Waals surface area (Å²) >= 11 is 0. The zero-order chi connectivity index (χ0) is 60.0. The van der Waals surface area contributed by atoms with Crippen molar-refractivity contribution in [3.05, 3.63) is 275 Å². The normalized spacial score (nSPS) is 22.7. The van der Waals surface area contributed by atoms with E-state index >= 15 is 0 Å². The fourth-order valence-corrected chi connectivity index (χ4v) is 12.8. The van der Waals surface area contributed by atoms with Gasteiger partial charge in [0.1, 0.15) is 48.8 Å². The fourth-order valence-electron chi connectivity index (χ4n) is 12.8. The zero-order valence-corrected chi connectivity index (χ0v) is 48.8. The van der Waals surface area contributed by atoms with Gasteiger partial charge in [-0.1, -0.05) is 218 Å². The second-order valence-electron chi connectivity index (χ2n) is 22.8. The Morgan fingerprint density at radius 3 is 1.34 bits per heavy atom. The van der Waals surface area contributed by atoms with Crippen LogP contribution in [0.1, 0.15) is 60.3 Å². The molecule has 2 fully saturated rings. The Kier molecular flexibility index (Phi) is 17.3. The van der Waals surface area contributed by atoms with Gasteiger partial charge >= 0.3 is 0 Å². The molecular formula is C74H67N3O12. The topological polar surface area (TPSA) is 170 Å². The average molecular weight is 1190 g/mol. The molecule has 0 spiro atoms. The van der Waals surface area contributed by atoms with Crippen LogP contribution in [-0.4, -0.2) is 94.8 Å². The van der Waals surface area contributed by atoms with Gasteiger partial charge in [0.25, 0.3) is 11.8 Å². The summed E-state index contributed by atoms with van der Waals surface area (Å²) in [5, 5.41) is 18.6. The fraction of sp³-hybridized carbons (Fsp3) is 0.243. The predicted molar refractivity (Wildman–Crippen MR) is 336 cm³/mol. The first-order chi connectivity index (χ1) is 43.9. The van der Waals surface area contributed by atoms with E-state index in [1.807, 2.05) is 235 Å². The number of imide groups is 1. The number of carbonyl (C=O) groups excluding carboxylic acids is 2. The van der Waals surface area contributed by atoms with Crippen LogP contribution in [0.5, 0.6) is 0 Å². The Bertz CT molecular complexity index is 4190. The van der Waals surface area contributed by atoms with Crippen molar-refractivity contribution in [1.29, 1.82) is 0 Å². The summed E-state index contributed by atoms with van der Waals surface area (Å²) in [7, 11) is 0. The number of benzene rings is 9. The zero-order valence-electron chi connectivity index (χ0n) is 48.8. The van der Waals surface area contributed by atoms with Crippen LogP contribution in [0.4, 0.5) is 0 Å². The third-order valence-electron chi connectivity index (χ3n) is 17.0. The van der Waals surface area contributed by atoms with E-state index in [0.29, 0.717) is 32.7 Å². The molecule has 450 valence electrons. The molecule has 15 nitrogen and oxygen atoms in total. The van der Waals surface area contributed by atoms with Gasteiger partial charge in [-0.2, -0.15) is 0 Å². The van der Waals surface area contributed by atoms with Crippen LogP contribution >= 0.6 is 0 Å². The number of aromatic amines is 1. The van der Waals surface area contributed by atoms with E-state index in [4.69, 9.17) is 42.6 Å². The van der Waals surface area contributed by atoms with E-state index in [0.717, 1.165) is 44.3 Å². The third kappa shape index (κ3) is 12.2. The molecule has 0 unspecified atom stereocenters. The molecular weight excluding hydrogens is 1120 g/mol. The van der Waals surface area contributed by atoms with Crippen LogP contribution in [0, 0.1) is 0 Å². The first-order valence-corrected chi connectivity index (χ1v) is 30.3. The van der Waals surface area contributed by atoms with Crippen molar-refractivity contribution < 1.29 is 57.3 Å². The van der Waals surface area contributed by atoms with Crippen molar-refractivity contribution in [2.75, 3.05) is 13.2 Å². The van der Waals surface area contributed by atoms with Crippen LogP contribution in [-0.2, 0) is 82.3 Å². The van der Waals surface area contributed by atoms with Crippen LogP contribution in [0.3, 0.4) is 0 Å². The first kappa shape index (κ1) is 58.0. The molecule has 9 aromatic carbocycles. The standard InChI is InChI=1S/C74H67N3O12/c78-65-68(85-43-51-31-15-5-16-32-51)66(83-41-49-27-11-3-12-28-49)58(46-82-40-48-25-9-2-10-26-48)88-74(65)89-70-69(86-44-52-33-17-6-18-34-52)67(84-42-50-29-13-4-14-30-50)57(45-81-39-47-23-7-1-8-24-47)87-73(70)77-56-38-22-20-36-54(56)60-62-61(71(79)76-72(62)80)59-53-35-19-21-37-55(53)75-63(59)64(60)77/h1-38,57-58,65-70,73-75,78H,39-46H2,(H,76,79,80)/t57-,58-,65-,66-,67-,68-,69+,70-,73-,74+/m1/s1. The predicted octanol–water partition coefficient (Wildman–Crippen LogP) is 12.5. The SMILES string of the molecule is O=C1NC(=O)c2c1c1c3ccccc3[nH]c1c1c2c2ccccc2n1[C@@H]1O[C@H](COCc2ccccc2)[C@@H](OCc2ccccc2)[C@H](OCc2ccccc2)[C@H]1O[C@@H]1O[C@H](COCc2ccccc2)[C@@H](OCc2ccccc2)[C@H](OCc2ccccc2)[C@H]1O. The van der Waals surface area contributed by atoms with E-state index in [1.54, 1.807) is 0 Å². The molecule has 10 atom stereocenters. The number of para-hydroxylation sites is 2. The number of amides is 2. The summed E-state index contributed by atoms with van der Waals surface area (Å²) < 4.78 is 66.3. The van der Waals surface area contributed by atoms with E-state index in [2.05, 4.69) is 10.3 Å². The van der Waals surface area contributed by atoms with Crippen molar-refractivity contribution in [3.63, 3.8) is 0 Å². The molecule has 14 rings (SSSR count). The summed E-state index contributed by atoms with van der Waals surface area (Å²) in [5.41, 5.74) is 8.64. The molecule has 0 bridgehead atoms. The number of aliphatic hydroxyl groups is 1. The molecule has 0 saturated carbocycles. The van der Waals surface area contributed by atoms with Gasteiger partial charge < -0.3 is 57.3 Å². The Labute approximate surface area is 514 Å². The highest BCUT2D eigenvalue weighted by atomic mass is 16.7. The van der Waals surface area contributed by atoms with Crippen LogP contribution in [0.15, 0.2) is 231 Å². The maximum Gasteiger partial charge on any atom is 0.259 e. The molecule has 3 N–H and O–H groups in total. The van der Waals surface area contributed by atoms with Crippen LogP contribution in [0.2, 0.25) is 0 Å². The van der Waals surface area contributed by atoms with Gasteiger partial charge in [-0.05, 0) is 45.5 Å². The summed E-state index contributed by atoms with van der Waals surface area (Å²) in [6.07, 6.45) is -11.0. The minimum atomic E-state index is -1.51. The number of hydrogen-bond donors (Lipinski definition) is 3. The number of ether oxygens (including phenoxy) is 9. The molecule has 0 aliphatic carbocycles. The molecule has 0 radical (unpaired) electrons. The number of rotatable bonds is 23. The van der Waals surface area contributed by atoms with Gasteiger partial charge in [0.15, 0.2) is 12.5 Å². The van der Waals surface area contributed by atoms with Gasteiger partial charge in [-0.25, -0.2) is 0 Å². The maximum atomic E-state index is 14.6. The van der Waals surface area contributed by atoms with Crippen molar-refractivity contribution >= 4 is 55.4 Å². The molecule has 2 amide bonds. The lowest BCUT2D eigenvalue weighted by molar-refractivity contribution is -0.363. The van der Waals surface area contributed by atoms with Crippen molar-refractivity contribution in [3.8, 4) is 0 Å². The van der Waals surface area contributed by atoms with Crippen LogP contribution in [0.25, 0.3) is 43.6 Å². The van der Waals surface area contributed by atoms with Gasteiger partial charge in [-0.3, -0.25) is 14.9 Å². The molecule has 11 aromatic rings. The van der Waals surface area contributed by atoms with E-state index in [1.165, 1.54) is 0 Å². The second kappa shape index (κ2) is 26.6. The third-order valence-corrected chi connectivity index (χ3v) is 17.0. The number of carbonyl (C=O) groups is 2. The Morgan fingerprint density at radius 2 is 0.820 bits per heavy atom. The lowest BCUT2D eigenvalue weighted by Crippen LogP contribution is -2.64. The van der Waals surface area contributed by atoms with Gasteiger partial charge in [0.05, 0.1) is 80.5 Å². The lowest BCUT2D eigenvalue weighted by Gasteiger charge is -2.50. The molecule has 2 saturated heterocycles. The molecule has 15 heteroatoms. The number of hydrogen-bond acceptors (Lipinski definition) is 12. The van der Waals surface area contributed by atoms with Gasteiger partial charge in [0.2, 0.25) is 0 Å². The van der Waals surface area contributed by atoms with Crippen molar-refractivity contribution in [1.82, 2.24) is 14.9 Å². The quantitative estimate of drug-likeness (QED) is 0.0519. The Balaban J connectivity index is 0.955. The molecule has 89 heavy (non-hydrogen) atoms. The highest BCUT2D eigenvalue weighted by molar-refractivity contribution is 6.39. The minimum Gasteiger partial charge on any atom is -0.385 e. The van der Waals surface area contributed by atoms with Gasteiger partial charge in [0, 0.05) is 27.1 Å². The number of nitrogens with one attached hydrogen (secondary N) is 2. The summed E-state index contributed by atoms with van der Waals surface area (Å²) in [5.74, 6) is -1.00. The first-order valence-electron chi connectivity index (χ1n) is 30.3. The number of nitrogens with zero attached hydrogens (tertiary/aromatic N) is 1. The molecule has 3 aliphatic heterocycles. The number of aromatic nitrogens is 2. The molecule has 2 aromatic heterocycles. The second-order valence-corrected chi connectivity index (χ2v) is 22.8. The summed E-state index contributed by atoms with van der Waals surface area (Å²) in [6.45, 7) is 1.15. The summed E-state index contributed by atoms with van der Waals surface area (Å²) in [6, 6.07) is 74.7. The monoisotopic (exact) mass is 1190 g/mol. The van der Waals surface area contributed by atoms with Crippen LogP contribution < -0.4 is 5.32 Å². The maximum absolute atomic E-state index is 14.6. The average Bonchev–Trinajstić information content (AvgIpc) is 1.54. The van der Waals surface area contributed by atoms with E-state index < -0.39 is 73.2 Å². The van der Waals surface area contributed by atoms with Crippen molar-refractivity contribution in [2.24, 2.45) is 0 Å². The Hall–Kier alpha value is -8.68. The van der Waals surface area contributed by atoms with Crippen molar-refractivity contribution in [2.45, 2.75) is 101 Å². The minimum absolute atomic E-state index is 0.0193. The highest BCUT2D eigenvalue weighted by Gasteiger charge is 2.55. The lowest BCUT2D eigenvalue weighted by atomic mass is 9.95. The smallest absolute Gasteiger partial charge is 0.259 e. The van der Waals surface area contributed by atoms with E-state index in [-0.39, 0.29) is 64.0 Å². The molecule has 5 heterocycles. The highest BCUT2D eigenvalue weighted by Crippen LogP contribution is 2.48.